The van der Waals surface area contributed by atoms with Crippen molar-refractivity contribution in [1.29, 1.82) is 0 Å². The molecule has 2 amide bonds. The largest absolute Gasteiger partial charge is 0.423 e. The van der Waals surface area contributed by atoms with Crippen molar-refractivity contribution in [3.05, 3.63) is 23.8 Å². The molecule has 3 aliphatic rings. The van der Waals surface area contributed by atoms with Crippen LogP contribution in [0.15, 0.2) is 22.6 Å². The van der Waals surface area contributed by atoms with Gasteiger partial charge in [0.25, 0.3) is 11.9 Å². The van der Waals surface area contributed by atoms with Crippen LogP contribution in [-0.2, 0) is 4.79 Å². The number of primary amides is 1. The van der Waals surface area contributed by atoms with E-state index in [1.807, 2.05) is 11.8 Å². The molecule has 30 heavy (non-hydrogen) atoms. The third-order valence-corrected chi connectivity index (χ3v) is 7.36. The lowest BCUT2D eigenvalue weighted by Crippen LogP contribution is -2.63. The highest BCUT2D eigenvalue weighted by molar-refractivity contribution is 6.04. The van der Waals surface area contributed by atoms with Gasteiger partial charge in [0.05, 0.1) is 5.56 Å². The number of piperidine rings is 2. The molecule has 2 N–H and O–H groups in total. The molecule has 4 heterocycles. The van der Waals surface area contributed by atoms with Crippen molar-refractivity contribution in [2.75, 3.05) is 25.0 Å². The normalized spacial score (nSPS) is 30.1. The number of carbonyl (C=O) groups is 2. The number of amides is 2. The zero-order valence-electron chi connectivity index (χ0n) is 17.6. The molecule has 1 aromatic carbocycles. The molecule has 3 aliphatic heterocycles. The molecule has 3 saturated heterocycles. The van der Waals surface area contributed by atoms with E-state index >= 15 is 0 Å². The molecule has 2 unspecified atom stereocenters. The Balaban J connectivity index is 1.36. The fourth-order valence-corrected chi connectivity index (χ4v) is 5.62. The van der Waals surface area contributed by atoms with Gasteiger partial charge >= 0.3 is 0 Å². The minimum absolute atomic E-state index is 0.131. The third kappa shape index (κ3) is 3.05. The van der Waals surface area contributed by atoms with Crippen molar-refractivity contribution in [1.82, 2.24) is 14.8 Å². The number of fused-ring (bicyclic) bond motifs is 3. The number of carbonyl (C=O) groups excluding carboxylic acids is 2. The summed E-state index contributed by atoms with van der Waals surface area (Å²) in [6.45, 7) is 3.24. The van der Waals surface area contributed by atoms with E-state index in [1.165, 1.54) is 19.3 Å². The van der Waals surface area contributed by atoms with E-state index in [2.05, 4.69) is 21.8 Å². The molecule has 3 atom stereocenters. The highest BCUT2D eigenvalue weighted by atomic mass is 16.4. The van der Waals surface area contributed by atoms with Crippen molar-refractivity contribution in [2.45, 2.75) is 63.2 Å². The molecule has 0 saturated carbocycles. The van der Waals surface area contributed by atoms with Gasteiger partial charge in [-0.25, -0.2) is 0 Å². The average molecular weight is 412 g/mol. The summed E-state index contributed by atoms with van der Waals surface area (Å²) in [7, 11) is 2.24. The van der Waals surface area contributed by atoms with E-state index in [0.717, 1.165) is 12.8 Å². The lowest BCUT2D eigenvalue weighted by Gasteiger charge is -2.51. The van der Waals surface area contributed by atoms with Crippen LogP contribution in [0.3, 0.4) is 0 Å². The van der Waals surface area contributed by atoms with Gasteiger partial charge in [0.15, 0.2) is 5.58 Å². The minimum Gasteiger partial charge on any atom is -0.423 e. The Kier molecular flexibility index (Phi) is 4.69. The fourth-order valence-electron chi connectivity index (χ4n) is 5.62. The van der Waals surface area contributed by atoms with Crippen LogP contribution in [0, 0.1) is 0 Å². The number of hydrogen-bond donors (Lipinski definition) is 1. The number of oxazole rings is 1. The molecular formula is C22H29N5O3. The zero-order chi connectivity index (χ0) is 21.0. The van der Waals surface area contributed by atoms with Crippen LogP contribution in [0.5, 0.6) is 0 Å². The summed E-state index contributed by atoms with van der Waals surface area (Å²) < 4.78 is 5.90. The quantitative estimate of drug-likeness (QED) is 0.830. The molecule has 1 aromatic heterocycles. The van der Waals surface area contributed by atoms with Gasteiger partial charge in [-0.2, -0.15) is 4.98 Å². The molecule has 5 rings (SSSR count). The molecular weight excluding hydrogens is 382 g/mol. The summed E-state index contributed by atoms with van der Waals surface area (Å²) in [6.07, 6.45) is 5.90. The van der Waals surface area contributed by atoms with E-state index in [9.17, 15) is 9.59 Å². The van der Waals surface area contributed by atoms with Crippen LogP contribution in [-0.4, -0.2) is 70.9 Å². The highest BCUT2D eigenvalue weighted by Gasteiger charge is 2.43. The van der Waals surface area contributed by atoms with Gasteiger partial charge in [0, 0.05) is 31.2 Å². The van der Waals surface area contributed by atoms with Crippen molar-refractivity contribution in [2.24, 2.45) is 5.73 Å². The molecule has 2 aromatic rings. The van der Waals surface area contributed by atoms with Crippen LogP contribution in [0.1, 0.15) is 49.4 Å². The maximum absolute atomic E-state index is 13.3. The third-order valence-electron chi connectivity index (χ3n) is 7.36. The van der Waals surface area contributed by atoms with Crippen LogP contribution in [0.25, 0.3) is 11.1 Å². The number of nitrogens with zero attached hydrogens (tertiary/aromatic N) is 4. The summed E-state index contributed by atoms with van der Waals surface area (Å²) in [6, 6.07) is 6.64. The van der Waals surface area contributed by atoms with Gasteiger partial charge in [0.1, 0.15) is 11.6 Å². The van der Waals surface area contributed by atoms with Crippen LogP contribution < -0.4 is 10.6 Å². The number of anilines is 1. The number of rotatable bonds is 3. The molecule has 160 valence electrons. The number of nitrogens with two attached hydrogens (primary N) is 1. The second kappa shape index (κ2) is 7.27. The van der Waals surface area contributed by atoms with Gasteiger partial charge in [-0.3, -0.25) is 9.59 Å². The first-order valence-corrected chi connectivity index (χ1v) is 10.9. The SMILES string of the molecule is C[C@H]1C(=O)N(C2CC3CCCC(C2)N3C)CCN1c1nc2c(C(N)=O)cccc2o1. The Morgan fingerprint density at radius 3 is 2.53 bits per heavy atom. The van der Waals surface area contributed by atoms with Gasteiger partial charge in [-0.05, 0) is 51.8 Å². The van der Waals surface area contributed by atoms with Gasteiger partial charge < -0.3 is 24.9 Å². The summed E-state index contributed by atoms with van der Waals surface area (Å²) in [4.78, 5) is 36.1. The lowest BCUT2D eigenvalue weighted by atomic mass is 9.81. The van der Waals surface area contributed by atoms with E-state index in [-0.39, 0.29) is 11.9 Å². The maximum Gasteiger partial charge on any atom is 0.299 e. The van der Waals surface area contributed by atoms with E-state index in [0.29, 0.717) is 53.9 Å². The summed E-state index contributed by atoms with van der Waals surface area (Å²) in [5, 5.41) is 0. The van der Waals surface area contributed by atoms with E-state index < -0.39 is 5.91 Å². The molecule has 8 heteroatoms. The first-order valence-electron chi connectivity index (χ1n) is 10.9. The first-order chi connectivity index (χ1) is 14.4. The Labute approximate surface area is 176 Å². The molecule has 2 bridgehead atoms. The highest BCUT2D eigenvalue weighted by Crippen LogP contribution is 2.36. The fraction of sp³-hybridized carbons (Fsp3) is 0.591. The van der Waals surface area contributed by atoms with Crippen molar-refractivity contribution < 1.29 is 14.0 Å². The van der Waals surface area contributed by atoms with Gasteiger partial charge in [0.2, 0.25) is 5.91 Å². The molecule has 0 aliphatic carbocycles. The summed E-state index contributed by atoms with van der Waals surface area (Å²) in [5.41, 5.74) is 6.75. The van der Waals surface area contributed by atoms with Gasteiger partial charge in [-0.1, -0.05) is 12.5 Å². The second-order valence-electron chi connectivity index (χ2n) is 8.94. The molecule has 0 radical (unpaired) electrons. The summed E-state index contributed by atoms with van der Waals surface area (Å²) >= 11 is 0. The number of benzene rings is 1. The number of hydrogen-bond acceptors (Lipinski definition) is 6. The maximum atomic E-state index is 13.3. The predicted octanol–water partition coefficient (Wildman–Crippen LogP) is 1.98. The summed E-state index contributed by atoms with van der Waals surface area (Å²) in [5.74, 6) is -0.409. The van der Waals surface area contributed by atoms with Gasteiger partial charge in [-0.15, -0.1) is 0 Å². The molecule has 0 spiro atoms. The predicted molar refractivity (Wildman–Crippen MR) is 113 cm³/mol. The van der Waals surface area contributed by atoms with Crippen molar-refractivity contribution in [3.8, 4) is 0 Å². The Bertz CT molecular complexity index is 974. The number of aromatic nitrogens is 1. The van der Waals surface area contributed by atoms with Crippen LogP contribution in [0.4, 0.5) is 6.01 Å². The van der Waals surface area contributed by atoms with E-state index in [1.54, 1.807) is 18.2 Å². The number of para-hydroxylation sites is 1. The Morgan fingerprint density at radius 1 is 1.13 bits per heavy atom. The topological polar surface area (TPSA) is 95.9 Å². The number of piperazine rings is 1. The Morgan fingerprint density at radius 2 is 1.83 bits per heavy atom. The lowest BCUT2D eigenvalue weighted by molar-refractivity contribution is -0.139. The first kappa shape index (κ1) is 19.4. The smallest absolute Gasteiger partial charge is 0.299 e. The second-order valence-corrected chi connectivity index (χ2v) is 8.94. The van der Waals surface area contributed by atoms with Crippen LogP contribution >= 0.6 is 0 Å². The average Bonchev–Trinajstić information content (AvgIpc) is 3.13. The van der Waals surface area contributed by atoms with Crippen molar-refractivity contribution in [3.63, 3.8) is 0 Å². The molecule has 3 fully saturated rings. The standard InChI is InChI=1S/C22H29N5O3/c1-13-21(29)27(16-11-14-5-3-6-15(12-16)25(14)2)10-9-26(13)22-24-19-17(20(23)28)7-4-8-18(19)30-22/h4,7-8,13-16H,3,5-6,9-12H2,1-2H3,(H2,23,28)/t13-,14?,15?,16?/m0/s1. The monoisotopic (exact) mass is 411 g/mol. The molecule has 8 nitrogen and oxygen atoms in total. The Hall–Kier alpha value is -2.61. The van der Waals surface area contributed by atoms with Crippen molar-refractivity contribution >= 4 is 28.9 Å². The van der Waals surface area contributed by atoms with Crippen LogP contribution in [0.2, 0.25) is 0 Å². The minimum atomic E-state index is -0.540. The van der Waals surface area contributed by atoms with E-state index in [4.69, 9.17) is 10.2 Å². The zero-order valence-corrected chi connectivity index (χ0v) is 17.6.